The van der Waals surface area contributed by atoms with Crippen molar-refractivity contribution in [3.05, 3.63) is 22.6 Å². The fraction of sp³-hybridized carbons (Fsp3) is 0.733. The molecule has 2 heterocycles. The van der Waals surface area contributed by atoms with Crippen LogP contribution in [-0.4, -0.2) is 18.2 Å². The van der Waals surface area contributed by atoms with Crippen molar-refractivity contribution in [2.45, 2.75) is 64.1 Å². The largest absolute Gasteiger partial charge is 0.453 e. The van der Waals surface area contributed by atoms with Gasteiger partial charge in [-0.05, 0) is 60.7 Å². The van der Waals surface area contributed by atoms with Crippen LogP contribution >= 0.6 is 15.9 Å². The quantitative estimate of drug-likeness (QED) is 0.867. The summed E-state index contributed by atoms with van der Waals surface area (Å²) >= 11 is 3.35. The number of ether oxygens (including phenoxy) is 1. The Labute approximate surface area is 124 Å². The normalized spacial score (nSPS) is 24.3. The summed E-state index contributed by atoms with van der Waals surface area (Å²) in [6.45, 7) is 7.45. The van der Waals surface area contributed by atoms with Crippen molar-refractivity contribution in [1.29, 1.82) is 0 Å². The molecule has 0 amide bonds. The van der Waals surface area contributed by atoms with E-state index in [1.807, 2.05) is 12.1 Å². The zero-order valence-electron chi connectivity index (χ0n) is 12.0. The molecular formula is C15H24BrNO2. The number of hydrogen-bond acceptors (Lipinski definition) is 3. The molecule has 0 radical (unpaired) electrons. The van der Waals surface area contributed by atoms with Gasteiger partial charge in [-0.15, -0.1) is 0 Å². The minimum atomic E-state index is 0.0688. The van der Waals surface area contributed by atoms with E-state index in [0.717, 1.165) is 42.7 Å². The minimum Gasteiger partial charge on any atom is -0.453 e. The standard InChI is InChI=1S/C15H24BrNO2/c1-4-15(5-2)10-12(8-9-18-15)17-11(3)13-6-7-14(16)19-13/h6-7,11-12,17H,4-5,8-10H2,1-3H3. The first-order valence-corrected chi connectivity index (χ1v) is 8.03. The van der Waals surface area contributed by atoms with E-state index in [-0.39, 0.29) is 11.6 Å². The van der Waals surface area contributed by atoms with Crippen molar-refractivity contribution in [3.8, 4) is 0 Å². The molecule has 2 rings (SSSR count). The van der Waals surface area contributed by atoms with Gasteiger partial charge in [0.2, 0.25) is 0 Å². The second-order valence-electron chi connectivity index (χ2n) is 5.46. The molecule has 0 saturated carbocycles. The third-order valence-electron chi connectivity index (χ3n) is 4.29. The lowest BCUT2D eigenvalue weighted by Gasteiger charge is -2.41. The fourth-order valence-corrected chi connectivity index (χ4v) is 3.23. The van der Waals surface area contributed by atoms with Crippen LogP contribution in [0.15, 0.2) is 21.2 Å². The van der Waals surface area contributed by atoms with Crippen LogP contribution in [0.1, 0.15) is 58.3 Å². The highest BCUT2D eigenvalue weighted by molar-refractivity contribution is 9.10. The molecular weight excluding hydrogens is 306 g/mol. The van der Waals surface area contributed by atoms with Gasteiger partial charge in [0.1, 0.15) is 5.76 Å². The molecule has 0 bridgehead atoms. The van der Waals surface area contributed by atoms with Crippen molar-refractivity contribution in [3.63, 3.8) is 0 Å². The lowest BCUT2D eigenvalue weighted by molar-refractivity contribution is -0.0941. The van der Waals surface area contributed by atoms with E-state index >= 15 is 0 Å². The van der Waals surface area contributed by atoms with Crippen molar-refractivity contribution < 1.29 is 9.15 Å². The first-order chi connectivity index (χ1) is 9.08. The highest BCUT2D eigenvalue weighted by Gasteiger charge is 2.35. The van der Waals surface area contributed by atoms with Crippen molar-refractivity contribution in [1.82, 2.24) is 5.32 Å². The van der Waals surface area contributed by atoms with Crippen molar-refractivity contribution in [2.24, 2.45) is 0 Å². The first-order valence-electron chi connectivity index (χ1n) is 7.24. The Balaban J connectivity index is 1.95. The van der Waals surface area contributed by atoms with Gasteiger partial charge in [-0.3, -0.25) is 0 Å². The summed E-state index contributed by atoms with van der Waals surface area (Å²) in [5, 5.41) is 3.68. The van der Waals surface area contributed by atoms with Crippen molar-refractivity contribution >= 4 is 15.9 Å². The average molecular weight is 330 g/mol. The van der Waals surface area contributed by atoms with E-state index < -0.39 is 0 Å². The van der Waals surface area contributed by atoms with E-state index in [0.29, 0.717) is 6.04 Å². The molecule has 1 aliphatic rings. The highest BCUT2D eigenvalue weighted by Crippen LogP contribution is 2.32. The summed E-state index contributed by atoms with van der Waals surface area (Å²) < 4.78 is 12.4. The van der Waals surface area contributed by atoms with E-state index in [9.17, 15) is 0 Å². The van der Waals surface area contributed by atoms with Gasteiger partial charge in [0.25, 0.3) is 0 Å². The van der Waals surface area contributed by atoms with E-state index in [4.69, 9.17) is 9.15 Å². The Kier molecular flexibility index (Phi) is 5.09. The summed E-state index contributed by atoms with van der Waals surface area (Å²) in [5.41, 5.74) is 0.0688. The van der Waals surface area contributed by atoms with Crippen LogP contribution in [0.25, 0.3) is 0 Å². The van der Waals surface area contributed by atoms with Crippen LogP contribution in [0, 0.1) is 0 Å². The van der Waals surface area contributed by atoms with Crippen LogP contribution in [0.4, 0.5) is 0 Å². The number of nitrogens with one attached hydrogen (secondary N) is 1. The Morgan fingerprint density at radius 2 is 2.16 bits per heavy atom. The number of rotatable bonds is 5. The number of hydrogen-bond donors (Lipinski definition) is 1. The Bertz CT molecular complexity index is 401. The van der Waals surface area contributed by atoms with E-state index in [2.05, 4.69) is 42.0 Å². The van der Waals surface area contributed by atoms with E-state index in [1.54, 1.807) is 0 Å². The molecule has 4 heteroatoms. The predicted octanol–water partition coefficient (Wildman–Crippen LogP) is 4.43. The monoisotopic (exact) mass is 329 g/mol. The Hall–Kier alpha value is -0.320. The fourth-order valence-electron chi connectivity index (χ4n) is 2.91. The third-order valence-corrected chi connectivity index (χ3v) is 4.71. The molecule has 2 unspecified atom stereocenters. The third kappa shape index (κ3) is 3.61. The van der Waals surface area contributed by atoms with Gasteiger partial charge in [0, 0.05) is 12.6 Å². The molecule has 0 aliphatic carbocycles. The van der Waals surface area contributed by atoms with Gasteiger partial charge in [-0.25, -0.2) is 0 Å². The summed E-state index contributed by atoms with van der Waals surface area (Å²) in [5.74, 6) is 0.983. The van der Waals surface area contributed by atoms with Gasteiger partial charge in [0.15, 0.2) is 4.67 Å². The molecule has 3 nitrogen and oxygen atoms in total. The smallest absolute Gasteiger partial charge is 0.169 e. The Morgan fingerprint density at radius 1 is 1.42 bits per heavy atom. The molecule has 1 aromatic rings. The summed E-state index contributed by atoms with van der Waals surface area (Å²) in [6, 6.07) is 4.71. The zero-order chi connectivity index (χ0) is 13.9. The maximum absolute atomic E-state index is 6.01. The predicted molar refractivity (Wildman–Crippen MR) is 80.2 cm³/mol. The minimum absolute atomic E-state index is 0.0688. The van der Waals surface area contributed by atoms with Crippen LogP contribution in [0.5, 0.6) is 0 Å². The highest BCUT2D eigenvalue weighted by atomic mass is 79.9. The van der Waals surface area contributed by atoms with Crippen LogP contribution < -0.4 is 5.32 Å². The second-order valence-corrected chi connectivity index (χ2v) is 6.24. The molecule has 1 aromatic heterocycles. The molecule has 1 aliphatic heterocycles. The molecule has 1 N–H and O–H groups in total. The summed E-state index contributed by atoms with van der Waals surface area (Å²) in [4.78, 5) is 0. The number of halogens is 1. The van der Waals surface area contributed by atoms with E-state index in [1.165, 1.54) is 0 Å². The second kappa shape index (κ2) is 6.42. The van der Waals surface area contributed by atoms with Crippen LogP contribution in [0.2, 0.25) is 0 Å². The maximum Gasteiger partial charge on any atom is 0.169 e. The van der Waals surface area contributed by atoms with Gasteiger partial charge in [-0.2, -0.15) is 0 Å². The zero-order valence-corrected chi connectivity index (χ0v) is 13.6. The molecule has 19 heavy (non-hydrogen) atoms. The van der Waals surface area contributed by atoms with Gasteiger partial charge in [0.05, 0.1) is 11.6 Å². The van der Waals surface area contributed by atoms with Crippen LogP contribution in [0.3, 0.4) is 0 Å². The molecule has 1 saturated heterocycles. The summed E-state index contributed by atoms with van der Waals surface area (Å²) in [6.07, 6.45) is 4.34. The molecule has 1 fully saturated rings. The van der Waals surface area contributed by atoms with Gasteiger partial charge >= 0.3 is 0 Å². The topological polar surface area (TPSA) is 34.4 Å². The lowest BCUT2D eigenvalue weighted by atomic mass is 9.85. The summed E-state index contributed by atoms with van der Waals surface area (Å²) in [7, 11) is 0. The van der Waals surface area contributed by atoms with Gasteiger partial charge < -0.3 is 14.5 Å². The average Bonchev–Trinajstić information content (AvgIpc) is 2.85. The first kappa shape index (κ1) is 15.1. The maximum atomic E-state index is 6.01. The Morgan fingerprint density at radius 3 is 2.74 bits per heavy atom. The molecule has 2 atom stereocenters. The lowest BCUT2D eigenvalue weighted by Crippen LogP contribution is -2.47. The molecule has 108 valence electrons. The van der Waals surface area contributed by atoms with Gasteiger partial charge in [-0.1, -0.05) is 13.8 Å². The number of furan rings is 1. The van der Waals surface area contributed by atoms with Crippen LogP contribution in [-0.2, 0) is 4.74 Å². The molecule has 0 spiro atoms. The molecule has 0 aromatic carbocycles. The van der Waals surface area contributed by atoms with Crippen molar-refractivity contribution in [2.75, 3.05) is 6.61 Å². The SMILES string of the molecule is CCC1(CC)CC(NC(C)c2ccc(Br)o2)CCO1.